The summed E-state index contributed by atoms with van der Waals surface area (Å²) in [6, 6.07) is 22.2. The lowest BCUT2D eigenvalue weighted by atomic mass is 9.98. The average molecular weight is 669 g/mol. The number of benzene rings is 3. The Bertz CT molecular complexity index is 1940. The third-order valence-corrected chi connectivity index (χ3v) is 8.95. The smallest absolute Gasteiger partial charge is 0.416 e. The number of ether oxygens (including phenoxy) is 3. The predicted octanol–water partition coefficient (Wildman–Crippen LogP) is 7.64. The van der Waals surface area contributed by atoms with Crippen molar-refractivity contribution in [1.82, 2.24) is 14.5 Å². The first-order valence-corrected chi connectivity index (χ1v) is 16.7. The number of piperidine rings is 1. The molecule has 2 aromatic heterocycles. The van der Waals surface area contributed by atoms with E-state index in [0.29, 0.717) is 86.7 Å². The Kier molecular flexibility index (Phi) is 10.6. The fourth-order valence-corrected chi connectivity index (χ4v) is 6.62. The van der Waals surface area contributed by atoms with Crippen LogP contribution in [-0.2, 0) is 28.9 Å². The van der Waals surface area contributed by atoms with Gasteiger partial charge in [0.05, 0.1) is 37.1 Å². The van der Waals surface area contributed by atoms with Gasteiger partial charge < -0.3 is 29.5 Å². The second kappa shape index (κ2) is 15.4. The molecule has 2 N–H and O–H groups in total. The normalized spacial score (nSPS) is 13.6. The maximum absolute atomic E-state index is 14.8. The molecule has 11 heteroatoms. The van der Waals surface area contributed by atoms with Crippen LogP contribution in [0.5, 0.6) is 5.75 Å². The molecule has 3 aromatic carbocycles. The molecule has 0 aliphatic carbocycles. The van der Waals surface area contributed by atoms with Crippen LogP contribution in [0.15, 0.2) is 72.8 Å². The monoisotopic (exact) mass is 668 g/mol. The van der Waals surface area contributed by atoms with Gasteiger partial charge in [-0.15, -0.1) is 0 Å². The van der Waals surface area contributed by atoms with Crippen LogP contribution in [-0.4, -0.2) is 71.2 Å². The minimum absolute atomic E-state index is 0.0165. The fraction of sp³-hybridized carbons (Fsp3) is 0.342. The van der Waals surface area contributed by atoms with Gasteiger partial charge in [-0.25, -0.2) is 23.5 Å². The van der Waals surface area contributed by atoms with E-state index in [1.165, 1.54) is 17.7 Å². The molecule has 10 nitrogen and oxygen atoms in total. The summed E-state index contributed by atoms with van der Waals surface area (Å²) in [5.74, 6) is 0.277. The highest BCUT2D eigenvalue weighted by Gasteiger charge is 2.28. The van der Waals surface area contributed by atoms with Gasteiger partial charge in [0, 0.05) is 48.5 Å². The first kappa shape index (κ1) is 33.7. The topological polar surface area (TPSA) is 115 Å². The van der Waals surface area contributed by atoms with Gasteiger partial charge in [-0.05, 0) is 61.9 Å². The summed E-state index contributed by atoms with van der Waals surface area (Å²) in [7, 11) is 1.41. The lowest BCUT2D eigenvalue weighted by molar-refractivity contribution is 0.0983. The Morgan fingerprint density at radius 1 is 1.02 bits per heavy atom. The standard InChI is InChI=1S/C38H41FN4O6/c1-3-49-38(46)42-19-17-27(18-20-42)40-36-29(13-9-21-48-24-25-10-5-4-6-11-25)34-28-12-7-8-14-32(28)43(37(44)45)35(34)31(41-36)23-26-15-16-33(47-2)30(39)22-26/h4-8,10-12,14-16,22,27H,3,9,13,17-21,23-24H2,1-2H3,(H,40,41)(H,44,45). The zero-order valence-corrected chi connectivity index (χ0v) is 27.8. The second-order valence-electron chi connectivity index (χ2n) is 12.1. The largest absolute Gasteiger partial charge is 0.494 e. The molecule has 1 saturated heterocycles. The second-order valence-corrected chi connectivity index (χ2v) is 12.1. The number of carboxylic acid groups (broad SMARTS) is 1. The first-order valence-electron chi connectivity index (χ1n) is 16.7. The number of fused-ring (bicyclic) bond motifs is 3. The zero-order valence-electron chi connectivity index (χ0n) is 27.8. The van der Waals surface area contributed by atoms with E-state index >= 15 is 0 Å². The molecule has 256 valence electrons. The summed E-state index contributed by atoms with van der Waals surface area (Å²) in [6.07, 6.45) is 1.38. The Balaban J connectivity index is 1.41. The number of hydrogen-bond donors (Lipinski definition) is 2. The van der Waals surface area contributed by atoms with E-state index in [1.54, 1.807) is 30.0 Å². The third kappa shape index (κ3) is 7.46. The number of amides is 1. The van der Waals surface area contributed by atoms with Crippen LogP contribution in [0.25, 0.3) is 21.8 Å². The van der Waals surface area contributed by atoms with Gasteiger partial charge in [0.25, 0.3) is 0 Å². The van der Waals surface area contributed by atoms with Gasteiger partial charge in [0.1, 0.15) is 5.82 Å². The highest BCUT2D eigenvalue weighted by Crippen LogP contribution is 2.38. The third-order valence-electron chi connectivity index (χ3n) is 8.95. The predicted molar refractivity (Wildman–Crippen MR) is 186 cm³/mol. The Morgan fingerprint density at radius 3 is 2.49 bits per heavy atom. The van der Waals surface area contributed by atoms with Crippen LogP contribution in [0.1, 0.15) is 48.6 Å². The molecule has 1 amide bonds. The van der Waals surface area contributed by atoms with Crippen LogP contribution < -0.4 is 10.1 Å². The zero-order chi connectivity index (χ0) is 34.3. The Morgan fingerprint density at radius 2 is 1.78 bits per heavy atom. The van der Waals surface area contributed by atoms with Crippen LogP contribution in [0.4, 0.5) is 19.8 Å². The van der Waals surface area contributed by atoms with Crippen molar-refractivity contribution in [3.05, 3.63) is 101 Å². The average Bonchev–Trinajstić information content (AvgIpc) is 3.46. The van der Waals surface area contributed by atoms with Gasteiger partial charge in [-0.3, -0.25) is 0 Å². The SMILES string of the molecule is CCOC(=O)N1CCC(Nc2nc(Cc3ccc(OC)c(F)c3)c3c(c2CCCOCc2ccccc2)c2ccccc2n3C(=O)O)CC1. The molecule has 0 unspecified atom stereocenters. The lowest BCUT2D eigenvalue weighted by Gasteiger charge is -2.32. The quantitative estimate of drug-likeness (QED) is 0.130. The molecule has 0 atom stereocenters. The maximum Gasteiger partial charge on any atom is 0.416 e. The molecule has 49 heavy (non-hydrogen) atoms. The number of pyridine rings is 1. The molecular formula is C38H41FN4O6. The van der Waals surface area contributed by atoms with Crippen molar-refractivity contribution in [3.63, 3.8) is 0 Å². The van der Waals surface area contributed by atoms with Crippen molar-refractivity contribution in [1.29, 1.82) is 0 Å². The number of aryl methyl sites for hydroxylation is 1. The van der Waals surface area contributed by atoms with Crippen molar-refractivity contribution < 1.29 is 33.3 Å². The number of anilines is 1. The van der Waals surface area contributed by atoms with Crippen molar-refractivity contribution in [2.45, 2.75) is 51.7 Å². The molecule has 0 spiro atoms. The summed E-state index contributed by atoms with van der Waals surface area (Å²) < 4.78 is 32.5. The summed E-state index contributed by atoms with van der Waals surface area (Å²) in [5, 5.41) is 15.8. The molecule has 1 aliphatic rings. The molecule has 3 heterocycles. The van der Waals surface area contributed by atoms with E-state index in [0.717, 1.165) is 21.9 Å². The summed E-state index contributed by atoms with van der Waals surface area (Å²) in [4.78, 5) is 32.1. The van der Waals surface area contributed by atoms with E-state index in [2.05, 4.69) is 5.32 Å². The number of likely N-dealkylation sites (tertiary alicyclic amines) is 1. The van der Waals surface area contributed by atoms with Crippen LogP contribution in [0, 0.1) is 5.82 Å². The highest BCUT2D eigenvalue weighted by molar-refractivity contribution is 6.15. The van der Waals surface area contributed by atoms with Crippen molar-refractivity contribution >= 4 is 39.8 Å². The van der Waals surface area contributed by atoms with E-state index in [4.69, 9.17) is 19.2 Å². The minimum atomic E-state index is -1.13. The number of halogens is 1. The van der Waals surface area contributed by atoms with Crippen molar-refractivity contribution in [2.24, 2.45) is 0 Å². The number of nitrogens with one attached hydrogen (secondary N) is 1. The lowest BCUT2D eigenvalue weighted by Crippen LogP contribution is -2.42. The Labute approximate surface area is 284 Å². The molecule has 0 radical (unpaired) electrons. The van der Waals surface area contributed by atoms with Crippen molar-refractivity contribution in [2.75, 3.05) is 38.7 Å². The van der Waals surface area contributed by atoms with Gasteiger partial charge in [0.15, 0.2) is 11.6 Å². The number of carbonyl (C=O) groups is 2. The number of hydrogen-bond acceptors (Lipinski definition) is 7. The van der Waals surface area contributed by atoms with Crippen LogP contribution >= 0.6 is 0 Å². The van der Waals surface area contributed by atoms with Gasteiger partial charge in [-0.2, -0.15) is 0 Å². The molecule has 1 fully saturated rings. The number of rotatable bonds is 12. The van der Waals surface area contributed by atoms with Gasteiger partial charge in [-0.1, -0.05) is 54.6 Å². The summed E-state index contributed by atoms with van der Waals surface area (Å²) >= 11 is 0. The molecule has 0 saturated carbocycles. The first-order chi connectivity index (χ1) is 23.9. The van der Waals surface area contributed by atoms with Crippen molar-refractivity contribution in [3.8, 4) is 5.75 Å². The highest BCUT2D eigenvalue weighted by atomic mass is 19.1. The summed E-state index contributed by atoms with van der Waals surface area (Å²) in [5.41, 5.74) is 4.15. The number of carbonyl (C=O) groups excluding carboxylic acids is 1. The molecule has 5 aromatic rings. The van der Waals surface area contributed by atoms with Gasteiger partial charge >= 0.3 is 12.2 Å². The van der Waals surface area contributed by atoms with Crippen LogP contribution in [0.2, 0.25) is 0 Å². The number of nitrogens with zero attached hydrogens (tertiary/aromatic N) is 3. The van der Waals surface area contributed by atoms with E-state index < -0.39 is 11.9 Å². The van der Waals surface area contributed by atoms with Gasteiger partial charge in [0.2, 0.25) is 0 Å². The molecular weight excluding hydrogens is 627 g/mol. The fourth-order valence-electron chi connectivity index (χ4n) is 6.62. The number of para-hydroxylation sites is 1. The molecule has 0 bridgehead atoms. The molecule has 6 rings (SSSR count). The molecule has 1 aliphatic heterocycles. The van der Waals surface area contributed by atoms with Crippen LogP contribution in [0.3, 0.4) is 0 Å². The Hall–Kier alpha value is -5.16. The minimum Gasteiger partial charge on any atom is -0.494 e. The number of aromatic nitrogens is 2. The van der Waals surface area contributed by atoms with E-state index in [9.17, 15) is 19.1 Å². The maximum atomic E-state index is 14.8. The van der Waals surface area contributed by atoms with E-state index in [-0.39, 0.29) is 24.3 Å². The van der Waals surface area contributed by atoms with E-state index in [1.807, 2.05) is 48.5 Å². The number of methoxy groups -OCH3 is 1. The summed E-state index contributed by atoms with van der Waals surface area (Å²) in [6.45, 7) is 4.19.